The van der Waals surface area contributed by atoms with Crippen molar-refractivity contribution in [1.82, 2.24) is 0 Å². The third-order valence-electron chi connectivity index (χ3n) is 12.1. The first kappa shape index (κ1) is 35.1. The summed E-state index contributed by atoms with van der Waals surface area (Å²) < 4.78 is 2.62. The topological polar surface area (TPSA) is 6.48 Å². The van der Waals surface area contributed by atoms with Gasteiger partial charge in [0, 0.05) is 70.4 Å². The molecular weight excluding hydrogens is 765 g/mol. The number of hydrogen-bond donors (Lipinski definition) is 0. The highest BCUT2D eigenvalue weighted by Gasteiger charge is 2.32. The van der Waals surface area contributed by atoms with Crippen LogP contribution in [0.1, 0.15) is 11.5 Å². The van der Waals surface area contributed by atoms with Gasteiger partial charge < -0.3 is 9.80 Å². The van der Waals surface area contributed by atoms with E-state index in [1.807, 2.05) is 23.1 Å². The van der Waals surface area contributed by atoms with E-state index < -0.39 is 0 Å². The molecule has 0 spiro atoms. The van der Waals surface area contributed by atoms with Gasteiger partial charge in [-0.1, -0.05) is 127 Å². The van der Waals surface area contributed by atoms with Crippen LogP contribution in [0.15, 0.2) is 223 Å². The van der Waals surface area contributed by atoms with Crippen molar-refractivity contribution in [3.63, 3.8) is 0 Å². The Bertz CT molecular complexity index is 3320. The molecule has 0 amide bonds. The molecule has 1 aromatic heterocycles. The molecule has 10 aromatic rings. The third-order valence-corrected chi connectivity index (χ3v) is 14.6. The van der Waals surface area contributed by atoms with Crippen LogP contribution in [0, 0.1) is 0 Å². The van der Waals surface area contributed by atoms with Gasteiger partial charge >= 0.3 is 0 Å². The maximum Gasteiger partial charge on any atom is 0.0468 e. The molecule has 2 unspecified atom stereocenters. The second-order valence-electron chi connectivity index (χ2n) is 15.7. The van der Waals surface area contributed by atoms with E-state index in [4.69, 9.17) is 0 Å². The van der Waals surface area contributed by atoms with Gasteiger partial charge in [-0.2, -0.15) is 0 Å². The third kappa shape index (κ3) is 6.11. The normalized spacial score (nSPS) is 15.5. The molecule has 4 heteroatoms. The van der Waals surface area contributed by atoms with Crippen molar-refractivity contribution in [2.24, 2.45) is 0 Å². The molecule has 284 valence electrons. The smallest absolute Gasteiger partial charge is 0.0468 e. The number of thioether (sulfide) groups is 1. The quantitative estimate of drug-likeness (QED) is 0.158. The highest BCUT2D eigenvalue weighted by atomic mass is 32.2. The Labute approximate surface area is 358 Å². The Morgan fingerprint density at radius 3 is 1.53 bits per heavy atom. The molecule has 1 aliphatic carbocycles. The van der Waals surface area contributed by atoms with Crippen LogP contribution in [0.4, 0.5) is 34.1 Å². The van der Waals surface area contributed by atoms with Gasteiger partial charge in [-0.15, -0.1) is 23.1 Å². The van der Waals surface area contributed by atoms with E-state index >= 15 is 0 Å². The van der Waals surface area contributed by atoms with Crippen molar-refractivity contribution >= 4 is 98.9 Å². The lowest BCUT2D eigenvalue weighted by atomic mass is 9.92. The molecule has 2 heterocycles. The lowest BCUT2D eigenvalue weighted by Gasteiger charge is -2.27. The van der Waals surface area contributed by atoms with Crippen molar-refractivity contribution in [2.75, 3.05) is 9.80 Å². The van der Waals surface area contributed by atoms with Gasteiger partial charge in [-0.3, -0.25) is 0 Å². The lowest BCUT2D eigenvalue weighted by Crippen LogP contribution is -2.11. The zero-order valence-electron chi connectivity index (χ0n) is 32.7. The van der Waals surface area contributed by atoms with E-state index in [0.29, 0.717) is 11.2 Å². The zero-order chi connectivity index (χ0) is 39.6. The van der Waals surface area contributed by atoms with E-state index in [2.05, 4.69) is 228 Å². The minimum Gasteiger partial charge on any atom is -0.310 e. The summed E-state index contributed by atoms with van der Waals surface area (Å²) in [5.41, 5.74) is 10.6. The Kier molecular flexibility index (Phi) is 8.46. The number of benzene rings is 9. The summed E-state index contributed by atoms with van der Waals surface area (Å²) in [5, 5.41) is 7.99. The number of anilines is 6. The highest BCUT2D eigenvalue weighted by Crippen LogP contribution is 2.50. The van der Waals surface area contributed by atoms with Gasteiger partial charge in [0.2, 0.25) is 0 Å². The molecule has 2 nitrogen and oxygen atoms in total. The van der Waals surface area contributed by atoms with Crippen LogP contribution >= 0.6 is 23.1 Å². The monoisotopic (exact) mass is 802 g/mol. The first-order valence-corrected chi connectivity index (χ1v) is 22.3. The highest BCUT2D eigenvalue weighted by molar-refractivity contribution is 8.00. The zero-order valence-corrected chi connectivity index (χ0v) is 34.3. The van der Waals surface area contributed by atoms with Gasteiger partial charge in [0.25, 0.3) is 0 Å². The van der Waals surface area contributed by atoms with Crippen molar-refractivity contribution in [1.29, 1.82) is 0 Å². The number of hydrogen-bond acceptors (Lipinski definition) is 4. The number of nitrogens with zero attached hydrogens (tertiary/aromatic N) is 2. The van der Waals surface area contributed by atoms with Gasteiger partial charge in [0.1, 0.15) is 0 Å². The first-order valence-electron chi connectivity index (χ1n) is 20.6. The predicted molar refractivity (Wildman–Crippen MR) is 260 cm³/mol. The van der Waals surface area contributed by atoms with Gasteiger partial charge in [0.15, 0.2) is 0 Å². The summed E-state index contributed by atoms with van der Waals surface area (Å²) in [4.78, 5) is 6.18. The van der Waals surface area contributed by atoms with E-state index in [1.165, 1.54) is 69.0 Å². The van der Waals surface area contributed by atoms with Crippen LogP contribution in [-0.4, -0.2) is 5.25 Å². The molecule has 1 aliphatic heterocycles. The molecule has 60 heavy (non-hydrogen) atoms. The summed E-state index contributed by atoms with van der Waals surface area (Å²) >= 11 is 3.83. The summed E-state index contributed by atoms with van der Waals surface area (Å²) in [5.74, 6) is 0.398. The number of fused-ring (bicyclic) bond motifs is 8. The Morgan fingerprint density at radius 1 is 0.367 bits per heavy atom. The fraction of sp³-hybridized carbons (Fsp3) is 0.0357. The standard InChI is InChI=1S/C56H38N2S2/c1-3-11-41-33-45(27-21-37(41)9-1)57(47-29-31-55-51(35-47)49-13-5-7-15-53(49)59-55)43-23-17-39(18-24-43)40-19-25-44(26-20-40)58(46-28-22-38-10-2-4-12-42(38)34-46)48-30-32-56-52(36-48)50-14-6-8-16-54(50)60-56/h1-36,49,53H. The molecular formula is C56H38N2S2. The number of thiophene rings is 1. The average Bonchev–Trinajstić information content (AvgIpc) is 3.88. The Hall–Kier alpha value is -6.85. The van der Waals surface area contributed by atoms with Crippen LogP contribution in [0.3, 0.4) is 0 Å². The Balaban J connectivity index is 0.914. The molecule has 0 N–H and O–H groups in total. The molecule has 2 aliphatic rings. The molecule has 0 bridgehead atoms. The van der Waals surface area contributed by atoms with E-state index in [0.717, 1.165) is 28.4 Å². The van der Waals surface area contributed by atoms with E-state index in [1.54, 1.807) is 0 Å². The predicted octanol–water partition coefficient (Wildman–Crippen LogP) is 16.7. The molecule has 0 saturated heterocycles. The van der Waals surface area contributed by atoms with Gasteiger partial charge in [-0.25, -0.2) is 0 Å². The van der Waals surface area contributed by atoms with Gasteiger partial charge in [0.05, 0.1) is 0 Å². The summed E-state index contributed by atoms with van der Waals surface area (Å²) in [6.45, 7) is 0. The van der Waals surface area contributed by atoms with Crippen LogP contribution in [0.25, 0.3) is 52.8 Å². The SMILES string of the molecule is C1=CC2Sc3ccc(N(c4ccc(-c5ccc(N(c6ccc7ccccc7c6)c6ccc7sc8ccccc8c7c6)cc5)cc4)c4ccc5ccccc5c4)cc3C2C=C1. The van der Waals surface area contributed by atoms with Crippen molar-refractivity contribution in [3.8, 4) is 11.1 Å². The largest absolute Gasteiger partial charge is 0.310 e. The molecule has 0 fully saturated rings. The Morgan fingerprint density at radius 2 is 0.867 bits per heavy atom. The van der Waals surface area contributed by atoms with Gasteiger partial charge in [-0.05, 0) is 129 Å². The summed E-state index contributed by atoms with van der Waals surface area (Å²) in [7, 11) is 0. The van der Waals surface area contributed by atoms with E-state index in [-0.39, 0.29) is 0 Å². The maximum absolute atomic E-state index is 2.41. The number of rotatable bonds is 7. The van der Waals surface area contributed by atoms with Crippen molar-refractivity contribution in [3.05, 3.63) is 224 Å². The minimum atomic E-state index is 0.398. The van der Waals surface area contributed by atoms with E-state index in [9.17, 15) is 0 Å². The van der Waals surface area contributed by atoms with Crippen molar-refractivity contribution < 1.29 is 0 Å². The minimum absolute atomic E-state index is 0.398. The molecule has 0 saturated carbocycles. The molecule has 2 atom stereocenters. The average molecular weight is 803 g/mol. The van der Waals surface area contributed by atoms with Crippen LogP contribution in [-0.2, 0) is 0 Å². The van der Waals surface area contributed by atoms with Crippen LogP contribution in [0.5, 0.6) is 0 Å². The fourth-order valence-corrected chi connectivity index (χ4v) is 11.6. The molecule has 9 aromatic carbocycles. The number of allylic oxidation sites excluding steroid dienone is 3. The second-order valence-corrected chi connectivity index (χ2v) is 18.0. The lowest BCUT2D eigenvalue weighted by molar-refractivity contribution is 0.880. The second kappa shape index (κ2) is 14.5. The van der Waals surface area contributed by atoms with Crippen molar-refractivity contribution in [2.45, 2.75) is 16.1 Å². The van der Waals surface area contributed by atoms with Crippen LogP contribution < -0.4 is 9.80 Å². The fourth-order valence-electron chi connectivity index (χ4n) is 9.15. The maximum atomic E-state index is 2.41. The first-order chi connectivity index (χ1) is 29.7. The molecule has 0 radical (unpaired) electrons. The van der Waals surface area contributed by atoms with Crippen LogP contribution in [0.2, 0.25) is 0 Å². The summed E-state index contributed by atoms with van der Waals surface area (Å²) in [6.07, 6.45) is 9.08. The molecule has 12 rings (SSSR count). The summed E-state index contributed by atoms with van der Waals surface area (Å²) in [6, 6.07) is 71.6.